The Labute approximate surface area is 125 Å². The molecule has 1 fully saturated rings. The zero-order valence-electron chi connectivity index (χ0n) is 11.1. The van der Waals surface area contributed by atoms with E-state index in [-0.39, 0.29) is 17.7 Å². The van der Waals surface area contributed by atoms with Crippen molar-refractivity contribution < 1.29 is 9.21 Å². The molecule has 2 atom stereocenters. The fourth-order valence-electron chi connectivity index (χ4n) is 2.44. The molecule has 0 N–H and O–H groups in total. The Bertz CT molecular complexity index is 595. The fourth-order valence-corrected chi connectivity index (χ4v) is 2.68. The van der Waals surface area contributed by atoms with Gasteiger partial charge in [0.1, 0.15) is 11.6 Å². The summed E-state index contributed by atoms with van der Waals surface area (Å²) >= 11 is 3.35. The Morgan fingerprint density at radius 3 is 2.95 bits per heavy atom. The third kappa shape index (κ3) is 2.50. The lowest BCUT2D eigenvalue weighted by molar-refractivity contribution is -0.119. The molecule has 1 aliphatic rings. The number of carbonyl (C=O) groups excluding carboxylic acids is 1. The molecule has 2 aromatic heterocycles. The second-order valence-corrected chi connectivity index (χ2v) is 5.80. The summed E-state index contributed by atoms with van der Waals surface area (Å²) in [6, 6.07) is 7.56. The van der Waals surface area contributed by atoms with Crippen molar-refractivity contribution >= 4 is 27.7 Å². The first-order valence-corrected chi connectivity index (χ1v) is 7.46. The lowest BCUT2D eigenvalue weighted by Gasteiger charge is -2.20. The molecular weight excluding hydrogens is 320 g/mol. The lowest BCUT2D eigenvalue weighted by atomic mass is 10.2. The SMILES string of the molecule is CCN(C(=O)[C@@H]1C[C@@H]1c1ccco1)c1ccc(Br)cn1. The first-order chi connectivity index (χ1) is 9.70. The highest BCUT2D eigenvalue weighted by molar-refractivity contribution is 9.10. The molecule has 2 heterocycles. The quantitative estimate of drug-likeness (QED) is 0.858. The van der Waals surface area contributed by atoms with E-state index in [1.54, 1.807) is 17.4 Å². The molecule has 2 aromatic rings. The van der Waals surface area contributed by atoms with Gasteiger partial charge in [-0.15, -0.1) is 0 Å². The van der Waals surface area contributed by atoms with E-state index >= 15 is 0 Å². The van der Waals surface area contributed by atoms with Crippen LogP contribution >= 0.6 is 15.9 Å². The number of aromatic nitrogens is 1. The predicted molar refractivity (Wildman–Crippen MR) is 79.5 cm³/mol. The van der Waals surface area contributed by atoms with Crippen LogP contribution in [0.15, 0.2) is 45.6 Å². The Morgan fingerprint density at radius 1 is 1.50 bits per heavy atom. The largest absolute Gasteiger partial charge is 0.469 e. The molecule has 0 spiro atoms. The zero-order valence-corrected chi connectivity index (χ0v) is 12.7. The van der Waals surface area contributed by atoms with Crippen LogP contribution in [0.25, 0.3) is 0 Å². The van der Waals surface area contributed by atoms with Crippen LogP contribution in [0.1, 0.15) is 25.0 Å². The van der Waals surface area contributed by atoms with Gasteiger partial charge < -0.3 is 4.42 Å². The number of hydrogen-bond donors (Lipinski definition) is 0. The Kier molecular flexibility index (Phi) is 3.61. The number of rotatable bonds is 4. The summed E-state index contributed by atoms with van der Waals surface area (Å²) < 4.78 is 6.29. The van der Waals surface area contributed by atoms with Gasteiger partial charge in [-0.3, -0.25) is 9.69 Å². The van der Waals surface area contributed by atoms with Crippen molar-refractivity contribution in [1.82, 2.24) is 4.98 Å². The van der Waals surface area contributed by atoms with Crippen molar-refractivity contribution in [1.29, 1.82) is 0 Å². The molecule has 1 saturated carbocycles. The summed E-state index contributed by atoms with van der Waals surface area (Å²) in [5.74, 6) is 1.98. The summed E-state index contributed by atoms with van der Waals surface area (Å²) in [5.41, 5.74) is 0. The maximum absolute atomic E-state index is 12.6. The standard InChI is InChI=1S/C15H15BrN2O2/c1-2-18(14-6-5-10(16)9-17-14)15(19)12-8-11(12)13-4-3-7-20-13/h3-7,9,11-12H,2,8H2,1H3/t11-,12+/m0/s1. The van der Waals surface area contributed by atoms with Crippen molar-refractivity contribution in [2.24, 2.45) is 5.92 Å². The van der Waals surface area contributed by atoms with Crippen LogP contribution in [0.3, 0.4) is 0 Å². The molecular formula is C15H15BrN2O2. The van der Waals surface area contributed by atoms with Crippen LogP contribution in [0.4, 0.5) is 5.82 Å². The minimum absolute atomic E-state index is 0.0200. The van der Waals surface area contributed by atoms with Gasteiger partial charge >= 0.3 is 0 Å². The molecule has 104 valence electrons. The number of nitrogens with zero attached hydrogens (tertiary/aromatic N) is 2. The van der Waals surface area contributed by atoms with Crippen LogP contribution in [0, 0.1) is 5.92 Å². The van der Waals surface area contributed by atoms with Gasteiger partial charge in [0.05, 0.1) is 6.26 Å². The Morgan fingerprint density at radius 2 is 2.35 bits per heavy atom. The van der Waals surface area contributed by atoms with E-state index in [4.69, 9.17) is 4.42 Å². The first-order valence-electron chi connectivity index (χ1n) is 6.67. The van der Waals surface area contributed by atoms with Gasteiger partial charge in [0.15, 0.2) is 0 Å². The second-order valence-electron chi connectivity index (χ2n) is 4.88. The molecule has 0 unspecified atom stereocenters. The van der Waals surface area contributed by atoms with Crippen molar-refractivity contribution in [3.8, 4) is 0 Å². The van der Waals surface area contributed by atoms with E-state index in [1.807, 2.05) is 31.2 Å². The van der Waals surface area contributed by atoms with Gasteiger partial charge in [0.2, 0.25) is 5.91 Å². The molecule has 0 radical (unpaired) electrons. The van der Waals surface area contributed by atoms with E-state index < -0.39 is 0 Å². The van der Waals surface area contributed by atoms with Gasteiger partial charge in [-0.05, 0) is 53.5 Å². The summed E-state index contributed by atoms with van der Waals surface area (Å²) in [6.07, 6.45) is 4.23. The van der Waals surface area contributed by atoms with Gasteiger partial charge in [-0.25, -0.2) is 4.98 Å². The summed E-state index contributed by atoms with van der Waals surface area (Å²) in [7, 11) is 0. The van der Waals surface area contributed by atoms with Gasteiger partial charge in [0.25, 0.3) is 0 Å². The minimum atomic E-state index is 0.0200. The third-order valence-electron chi connectivity index (χ3n) is 3.59. The molecule has 1 amide bonds. The van der Waals surface area contributed by atoms with Crippen LogP contribution in [-0.4, -0.2) is 17.4 Å². The third-order valence-corrected chi connectivity index (χ3v) is 4.06. The summed E-state index contributed by atoms with van der Waals surface area (Å²) in [4.78, 5) is 18.6. The normalized spacial score (nSPS) is 20.7. The smallest absolute Gasteiger partial charge is 0.232 e. The van der Waals surface area contributed by atoms with Crippen molar-refractivity contribution in [3.63, 3.8) is 0 Å². The number of pyridine rings is 1. The molecule has 4 nitrogen and oxygen atoms in total. The van der Waals surface area contributed by atoms with Crippen molar-refractivity contribution in [3.05, 3.63) is 47.0 Å². The molecule has 0 aliphatic heterocycles. The Balaban J connectivity index is 1.74. The van der Waals surface area contributed by atoms with Gasteiger partial charge in [-0.2, -0.15) is 0 Å². The number of halogens is 1. The second kappa shape index (κ2) is 5.40. The molecule has 0 aromatic carbocycles. The van der Waals surface area contributed by atoms with Crippen molar-refractivity contribution in [2.45, 2.75) is 19.3 Å². The molecule has 0 bridgehead atoms. The monoisotopic (exact) mass is 334 g/mol. The number of amides is 1. The highest BCUT2D eigenvalue weighted by atomic mass is 79.9. The minimum Gasteiger partial charge on any atom is -0.469 e. The molecule has 3 rings (SSSR count). The van der Waals surface area contributed by atoms with Crippen LogP contribution in [-0.2, 0) is 4.79 Å². The summed E-state index contributed by atoms with van der Waals surface area (Å²) in [6.45, 7) is 2.58. The van der Waals surface area contributed by atoms with E-state index in [1.165, 1.54) is 0 Å². The van der Waals surface area contributed by atoms with Crippen LogP contribution < -0.4 is 4.90 Å². The van der Waals surface area contributed by atoms with Crippen molar-refractivity contribution in [2.75, 3.05) is 11.4 Å². The zero-order chi connectivity index (χ0) is 14.1. The topological polar surface area (TPSA) is 46.3 Å². The Hall–Kier alpha value is -1.62. The van der Waals surface area contributed by atoms with Crippen LogP contribution in [0.5, 0.6) is 0 Å². The van der Waals surface area contributed by atoms with Gasteiger partial charge in [-0.1, -0.05) is 0 Å². The molecule has 0 saturated heterocycles. The summed E-state index contributed by atoms with van der Waals surface area (Å²) in [5, 5.41) is 0. The number of hydrogen-bond acceptors (Lipinski definition) is 3. The molecule has 20 heavy (non-hydrogen) atoms. The van der Waals surface area contributed by atoms with Gasteiger partial charge in [0, 0.05) is 29.1 Å². The average Bonchev–Trinajstić information content (AvgIpc) is 3.07. The fraction of sp³-hybridized carbons (Fsp3) is 0.333. The van der Waals surface area contributed by atoms with E-state index in [9.17, 15) is 4.79 Å². The first kappa shape index (κ1) is 13.4. The number of furan rings is 1. The molecule has 1 aliphatic carbocycles. The predicted octanol–water partition coefficient (Wildman–Crippen LogP) is 3.59. The highest BCUT2D eigenvalue weighted by Gasteiger charge is 2.47. The van der Waals surface area contributed by atoms with E-state index in [0.29, 0.717) is 12.4 Å². The van der Waals surface area contributed by atoms with Crippen LogP contribution in [0.2, 0.25) is 0 Å². The number of anilines is 1. The van der Waals surface area contributed by atoms with E-state index in [2.05, 4.69) is 20.9 Å². The maximum Gasteiger partial charge on any atom is 0.232 e. The average molecular weight is 335 g/mol. The lowest BCUT2D eigenvalue weighted by Crippen LogP contribution is -2.33. The highest BCUT2D eigenvalue weighted by Crippen LogP contribution is 2.48. The molecule has 5 heteroatoms. The maximum atomic E-state index is 12.6. The number of carbonyl (C=O) groups is 1. The van der Waals surface area contributed by atoms with E-state index in [0.717, 1.165) is 16.7 Å².